The van der Waals surface area contributed by atoms with Crippen LogP contribution in [0.4, 0.5) is 0 Å². The van der Waals surface area contributed by atoms with E-state index in [4.69, 9.17) is 0 Å². The quantitative estimate of drug-likeness (QED) is 0.468. The van der Waals surface area contributed by atoms with E-state index in [1.165, 1.54) is 0 Å². The number of pyridine rings is 1. The van der Waals surface area contributed by atoms with Gasteiger partial charge in [0.15, 0.2) is 5.79 Å². The highest BCUT2D eigenvalue weighted by atomic mass is 16.5. The summed E-state index contributed by atoms with van der Waals surface area (Å²) in [4.78, 5) is 21.4. The average molecular weight is 361 g/mol. The van der Waals surface area contributed by atoms with Crippen molar-refractivity contribution in [1.82, 2.24) is 14.5 Å². The molecule has 3 heterocycles. The maximum Gasteiger partial charge on any atom is 0.261 e. The van der Waals surface area contributed by atoms with E-state index in [1.807, 2.05) is 13.0 Å². The van der Waals surface area contributed by atoms with Crippen LogP contribution in [-0.2, 0) is 13.0 Å². The normalized spacial score (nSPS) is 15.5. The van der Waals surface area contributed by atoms with Crippen LogP contribution in [0.3, 0.4) is 0 Å². The minimum atomic E-state index is -1.76. The molecule has 0 aliphatic carbocycles. The number of hydrogen-bond donors (Lipinski definition) is 2. The monoisotopic (exact) mass is 361 g/mol. The van der Waals surface area contributed by atoms with Crippen LogP contribution >= 0.6 is 0 Å². The molecule has 0 unspecified atom stereocenters. The maximum absolute atomic E-state index is 12.8. The van der Waals surface area contributed by atoms with Crippen molar-refractivity contribution in [3.05, 3.63) is 69.5 Å². The van der Waals surface area contributed by atoms with Crippen molar-refractivity contribution in [1.29, 1.82) is 0 Å². The number of aromatic nitrogens is 3. The molecule has 0 saturated heterocycles. The van der Waals surface area contributed by atoms with E-state index < -0.39 is 5.79 Å². The number of aliphatic hydroxyl groups is 2. The van der Waals surface area contributed by atoms with Gasteiger partial charge < -0.3 is 10.2 Å². The minimum Gasteiger partial charge on any atom is -0.366 e. The van der Waals surface area contributed by atoms with Crippen LogP contribution in [0, 0.1) is 18.8 Å². The molecule has 6 heteroatoms. The Morgan fingerprint density at radius 1 is 1.19 bits per heavy atom. The molecular formula is C21H19N3O3. The molecule has 6 nitrogen and oxygen atoms in total. The third-order valence-electron chi connectivity index (χ3n) is 4.88. The zero-order valence-corrected chi connectivity index (χ0v) is 14.9. The predicted molar refractivity (Wildman–Crippen MR) is 101 cm³/mol. The fourth-order valence-corrected chi connectivity index (χ4v) is 3.25. The van der Waals surface area contributed by atoms with E-state index in [0.29, 0.717) is 23.1 Å². The summed E-state index contributed by atoms with van der Waals surface area (Å²) >= 11 is 0. The van der Waals surface area contributed by atoms with Crippen molar-refractivity contribution in [3.8, 4) is 11.8 Å². The third kappa shape index (κ3) is 3.47. The van der Waals surface area contributed by atoms with Crippen LogP contribution < -0.4 is 5.56 Å². The molecule has 0 radical (unpaired) electrons. The number of rotatable bonds is 0. The van der Waals surface area contributed by atoms with E-state index >= 15 is 0 Å². The lowest BCUT2D eigenvalue weighted by molar-refractivity contribution is -0.169. The second-order valence-corrected chi connectivity index (χ2v) is 6.89. The molecule has 0 bridgehead atoms. The van der Waals surface area contributed by atoms with E-state index in [-0.39, 0.29) is 24.9 Å². The van der Waals surface area contributed by atoms with Crippen molar-refractivity contribution in [2.75, 3.05) is 0 Å². The first kappa shape index (κ1) is 17.4. The summed E-state index contributed by atoms with van der Waals surface area (Å²) < 4.78 is 1.54. The number of benzene rings is 1. The third-order valence-corrected chi connectivity index (χ3v) is 4.88. The molecule has 0 spiro atoms. The highest BCUT2D eigenvalue weighted by molar-refractivity contribution is 5.79. The maximum atomic E-state index is 12.8. The summed E-state index contributed by atoms with van der Waals surface area (Å²) in [5.41, 5.74) is 3.10. The zero-order chi connectivity index (χ0) is 19.0. The molecule has 1 aliphatic rings. The Kier molecular flexibility index (Phi) is 4.27. The van der Waals surface area contributed by atoms with Gasteiger partial charge >= 0.3 is 0 Å². The molecule has 1 aromatic carbocycles. The smallest absolute Gasteiger partial charge is 0.261 e. The van der Waals surface area contributed by atoms with Gasteiger partial charge in [-0.15, -0.1) is 0 Å². The van der Waals surface area contributed by atoms with E-state index in [0.717, 1.165) is 16.7 Å². The number of fused-ring (bicyclic) bond motifs is 2. The molecule has 2 N–H and O–H groups in total. The zero-order valence-electron chi connectivity index (χ0n) is 14.9. The lowest BCUT2D eigenvalue weighted by Crippen LogP contribution is -2.29. The highest BCUT2D eigenvalue weighted by Gasteiger charge is 2.28. The van der Waals surface area contributed by atoms with Crippen LogP contribution in [0.25, 0.3) is 10.9 Å². The van der Waals surface area contributed by atoms with E-state index in [1.54, 1.807) is 35.2 Å². The van der Waals surface area contributed by atoms with Gasteiger partial charge in [0, 0.05) is 49.3 Å². The number of hydrogen-bond acceptors (Lipinski definition) is 5. The molecule has 0 saturated carbocycles. The number of nitrogens with zero attached hydrogens (tertiary/aromatic N) is 3. The SMILES string of the molecule is Cc1cnccc1C#Cc1ccc2c(=O)n3c(nc2c1)CCC(O)(O)CC3. The van der Waals surface area contributed by atoms with Gasteiger partial charge in [0.05, 0.1) is 10.9 Å². The van der Waals surface area contributed by atoms with Crippen LogP contribution in [0.1, 0.15) is 35.4 Å². The van der Waals surface area contributed by atoms with Crippen molar-refractivity contribution < 1.29 is 10.2 Å². The molecule has 3 aromatic rings. The summed E-state index contributed by atoms with van der Waals surface area (Å²) in [6.07, 6.45) is 4.08. The first-order valence-corrected chi connectivity index (χ1v) is 8.84. The van der Waals surface area contributed by atoms with Crippen molar-refractivity contribution in [2.24, 2.45) is 0 Å². The Bertz CT molecular complexity index is 1150. The Morgan fingerprint density at radius 3 is 2.85 bits per heavy atom. The van der Waals surface area contributed by atoms with Gasteiger partial charge in [-0.2, -0.15) is 0 Å². The summed E-state index contributed by atoms with van der Waals surface area (Å²) in [6, 6.07) is 7.21. The standard InChI is InChI=1S/C21H19N3O3/c1-14-13-22-10-7-16(14)4-2-15-3-5-17-18(12-15)23-19-6-8-21(26,27)9-11-24(19)20(17)25/h3,5,7,10,12-13,26-27H,6,8-9,11H2,1H3. The second-order valence-electron chi connectivity index (χ2n) is 6.89. The Morgan fingerprint density at radius 2 is 2.04 bits per heavy atom. The average Bonchev–Trinajstić information content (AvgIpc) is 2.80. The van der Waals surface area contributed by atoms with Gasteiger partial charge in [0.1, 0.15) is 5.82 Å². The van der Waals surface area contributed by atoms with Crippen LogP contribution in [0.5, 0.6) is 0 Å². The van der Waals surface area contributed by atoms with Crippen LogP contribution in [-0.4, -0.2) is 30.5 Å². The summed E-state index contributed by atoms with van der Waals surface area (Å²) in [5.74, 6) is 5.05. The fourth-order valence-electron chi connectivity index (χ4n) is 3.25. The Labute approximate surface area is 156 Å². The summed E-state index contributed by atoms with van der Waals surface area (Å²) in [7, 11) is 0. The van der Waals surface area contributed by atoms with Gasteiger partial charge in [-0.3, -0.25) is 14.3 Å². The summed E-state index contributed by atoms with van der Waals surface area (Å²) in [5, 5.41) is 20.3. The minimum absolute atomic E-state index is 0.113. The molecule has 0 atom stereocenters. The predicted octanol–water partition coefficient (Wildman–Crippen LogP) is 1.52. The molecule has 2 aromatic heterocycles. The first-order valence-electron chi connectivity index (χ1n) is 8.84. The van der Waals surface area contributed by atoms with Gasteiger partial charge in [-0.25, -0.2) is 4.98 Å². The molecule has 1 aliphatic heterocycles. The molecule has 4 rings (SSSR count). The van der Waals surface area contributed by atoms with Crippen molar-refractivity contribution in [3.63, 3.8) is 0 Å². The highest BCUT2D eigenvalue weighted by Crippen LogP contribution is 2.21. The Balaban J connectivity index is 1.76. The van der Waals surface area contributed by atoms with Gasteiger partial charge in [0.25, 0.3) is 5.56 Å². The second kappa shape index (κ2) is 6.62. The van der Waals surface area contributed by atoms with E-state index in [2.05, 4.69) is 21.8 Å². The molecule has 0 amide bonds. The van der Waals surface area contributed by atoms with Crippen molar-refractivity contribution >= 4 is 10.9 Å². The fraction of sp³-hybridized carbons (Fsp3) is 0.286. The van der Waals surface area contributed by atoms with Crippen molar-refractivity contribution in [2.45, 2.75) is 38.5 Å². The largest absolute Gasteiger partial charge is 0.366 e. The molecular weight excluding hydrogens is 342 g/mol. The van der Waals surface area contributed by atoms with Gasteiger partial charge in [-0.05, 0) is 36.8 Å². The first-order chi connectivity index (χ1) is 12.9. The molecule has 136 valence electrons. The topological polar surface area (TPSA) is 88.2 Å². The number of aryl methyl sites for hydroxylation is 2. The van der Waals surface area contributed by atoms with Crippen LogP contribution in [0.15, 0.2) is 41.5 Å². The van der Waals surface area contributed by atoms with E-state index in [9.17, 15) is 15.0 Å². The molecule has 0 fully saturated rings. The lowest BCUT2D eigenvalue weighted by atomic mass is 10.1. The lowest BCUT2D eigenvalue weighted by Gasteiger charge is -2.17. The van der Waals surface area contributed by atoms with Crippen LogP contribution in [0.2, 0.25) is 0 Å². The molecule has 27 heavy (non-hydrogen) atoms. The Hall–Kier alpha value is -3.01. The van der Waals surface area contributed by atoms with Gasteiger partial charge in [0.2, 0.25) is 0 Å². The summed E-state index contributed by atoms with van der Waals surface area (Å²) in [6.45, 7) is 2.20. The van der Waals surface area contributed by atoms with Gasteiger partial charge in [-0.1, -0.05) is 11.8 Å².